The van der Waals surface area contributed by atoms with Gasteiger partial charge in [0.2, 0.25) is 0 Å². The Hall–Kier alpha value is -1.09. The third-order valence-electron chi connectivity index (χ3n) is 3.12. The zero-order valence-electron chi connectivity index (χ0n) is 10.7. The number of hydrogen-bond donors (Lipinski definition) is 0. The summed E-state index contributed by atoms with van der Waals surface area (Å²) in [6.45, 7) is 3.06. The lowest BCUT2D eigenvalue weighted by atomic mass is 9.96. The van der Waals surface area contributed by atoms with Gasteiger partial charge in [-0.3, -0.25) is 4.68 Å². The van der Waals surface area contributed by atoms with Crippen LogP contribution in [-0.2, 0) is 19.4 Å². The van der Waals surface area contributed by atoms with Crippen molar-refractivity contribution in [3.05, 3.63) is 53.9 Å². The molecule has 2 rings (SSSR count). The second-order valence-electron chi connectivity index (χ2n) is 4.62. The van der Waals surface area contributed by atoms with Crippen LogP contribution in [0.25, 0.3) is 0 Å². The standard InChI is InChI=1S/C15H19BrN2/c1-2-18-12-15(11-17-18)9-14(10-16)8-13-6-4-3-5-7-13/h3-7,11-12,14H,2,8-10H2,1H3. The molecular weight excluding hydrogens is 288 g/mol. The molecule has 1 aromatic heterocycles. The molecule has 0 aliphatic rings. The molecule has 0 N–H and O–H groups in total. The first kappa shape index (κ1) is 13.3. The SMILES string of the molecule is CCn1cc(CC(CBr)Cc2ccccc2)cn1. The van der Waals surface area contributed by atoms with Crippen molar-refractivity contribution < 1.29 is 0 Å². The zero-order chi connectivity index (χ0) is 12.8. The first-order valence-electron chi connectivity index (χ1n) is 6.43. The molecule has 0 fully saturated rings. The van der Waals surface area contributed by atoms with Gasteiger partial charge in [-0.1, -0.05) is 46.3 Å². The predicted molar refractivity (Wildman–Crippen MR) is 79.0 cm³/mol. The van der Waals surface area contributed by atoms with Crippen LogP contribution < -0.4 is 0 Å². The third-order valence-corrected chi connectivity index (χ3v) is 4.04. The maximum atomic E-state index is 4.33. The van der Waals surface area contributed by atoms with Crippen LogP contribution in [0.4, 0.5) is 0 Å². The molecule has 1 atom stereocenters. The molecule has 0 amide bonds. The third kappa shape index (κ3) is 3.70. The maximum Gasteiger partial charge on any atom is 0.0521 e. The van der Waals surface area contributed by atoms with Gasteiger partial charge in [0.1, 0.15) is 0 Å². The van der Waals surface area contributed by atoms with Gasteiger partial charge < -0.3 is 0 Å². The summed E-state index contributed by atoms with van der Waals surface area (Å²) in [7, 11) is 0. The number of nitrogens with zero attached hydrogens (tertiary/aromatic N) is 2. The smallest absolute Gasteiger partial charge is 0.0521 e. The summed E-state index contributed by atoms with van der Waals surface area (Å²) in [6.07, 6.45) is 6.34. The van der Waals surface area contributed by atoms with Crippen LogP contribution in [0.15, 0.2) is 42.7 Å². The number of halogens is 1. The summed E-state index contributed by atoms with van der Waals surface area (Å²) in [5, 5.41) is 5.36. The minimum atomic E-state index is 0.627. The van der Waals surface area contributed by atoms with Crippen LogP contribution >= 0.6 is 15.9 Å². The van der Waals surface area contributed by atoms with Crippen molar-refractivity contribution in [1.82, 2.24) is 9.78 Å². The van der Waals surface area contributed by atoms with Gasteiger partial charge in [0.15, 0.2) is 0 Å². The molecule has 3 heteroatoms. The number of aryl methyl sites for hydroxylation is 1. The number of rotatable bonds is 6. The first-order chi connectivity index (χ1) is 8.81. The van der Waals surface area contributed by atoms with E-state index in [4.69, 9.17) is 0 Å². The molecule has 0 radical (unpaired) electrons. The minimum Gasteiger partial charge on any atom is -0.273 e. The Morgan fingerprint density at radius 3 is 2.50 bits per heavy atom. The minimum absolute atomic E-state index is 0.627. The van der Waals surface area contributed by atoms with Gasteiger partial charge >= 0.3 is 0 Å². The molecule has 0 aliphatic heterocycles. The van der Waals surface area contributed by atoms with Gasteiger partial charge in [-0.25, -0.2) is 0 Å². The van der Waals surface area contributed by atoms with Gasteiger partial charge in [-0.05, 0) is 36.8 Å². The van der Waals surface area contributed by atoms with Gasteiger partial charge in [-0.15, -0.1) is 0 Å². The van der Waals surface area contributed by atoms with E-state index in [2.05, 4.69) is 64.5 Å². The zero-order valence-corrected chi connectivity index (χ0v) is 12.3. The first-order valence-corrected chi connectivity index (χ1v) is 7.55. The average molecular weight is 307 g/mol. The highest BCUT2D eigenvalue weighted by Crippen LogP contribution is 2.16. The predicted octanol–water partition coefficient (Wildman–Crippen LogP) is 3.70. The Kier molecular flexibility index (Phi) is 5.00. The van der Waals surface area contributed by atoms with Crippen molar-refractivity contribution in [3.63, 3.8) is 0 Å². The van der Waals surface area contributed by atoms with E-state index < -0.39 is 0 Å². The highest BCUT2D eigenvalue weighted by Gasteiger charge is 2.10. The number of hydrogen-bond acceptors (Lipinski definition) is 1. The fraction of sp³-hybridized carbons (Fsp3) is 0.400. The second-order valence-corrected chi connectivity index (χ2v) is 5.27. The lowest BCUT2D eigenvalue weighted by molar-refractivity contribution is 0.590. The van der Waals surface area contributed by atoms with E-state index in [0.29, 0.717) is 5.92 Å². The number of alkyl halides is 1. The van der Waals surface area contributed by atoms with E-state index in [1.54, 1.807) is 0 Å². The quantitative estimate of drug-likeness (QED) is 0.744. The Bertz CT molecular complexity index is 464. The molecule has 0 saturated carbocycles. The summed E-state index contributed by atoms with van der Waals surface area (Å²) in [4.78, 5) is 0. The summed E-state index contributed by atoms with van der Waals surface area (Å²) in [5.41, 5.74) is 2.74. The topological polar surface area (TPSA) is 17.8 Å². The van der Waals surface area contributed by atoms with E-state index in [-0.39, 0.29) is 0 Å². The van der Waals surface area contributed by atoms with Crippen molar-refractivity contribution in [2.45, 2.75) is 26.3 Å². The molecule has 1 aromatic carbocycles. The van der Waals surface area contributed by atoms with E-state index in [0.717, 1.165) is 24.7 Å². The van der Waals surface area contributed by atoms with Crippen LogP contribution in [0.5, 0.6) is 0 Å². The highest BCUT2D eigenvalue weighted by molar-refractivity contribution is 9.09. The van der Waals surface area contributed by atoms with E-state index >= 15 is 0 Å². The molecular formula is C15H19BrN2. The monoisotopic (exact) mass is 306 g/mol. The van der Waals surface area contributed by atoms with Crippen LogP contribution in [0, 0.1) is 5.92 Å². The van der Waals surface area contributed by atoms with Crippen LogP contribution in [0.3, 0.4) is 0 Å². The molecule has 96 valence electrons. The van der Waals surface area contributed by atoms with Crippen molar-refractivity contribution in [1.29, 1.82) is 0 Å². The average Bonchev–Trinajstić information content (AvgIpc) is 2.87. The van der Waals surface area contributed by atoms with Crippen molar-refractivity contribution in [2.24, 2.45) is 5.92 Å². The van der Waals surface area contributed by atoms with E-state index in [1.165, 1.54) is 11.1 Å². The largest absolute Gasteiger partial charge is 0.273 e. The van der Waals surface area contributed by atoms with Crippen molar-refractivity contribution >= 4 is 15.9 Å². The van der Waals surface area contributed by atoms with Crippen molar-refractivity contribution in [3.8, 4) is 0 Å². The van der Waals surface area contributed by atoms with Crippen LogP contribution in [0.2, 0.25) is 0 Å². The molecule has 18 heavy (non-hydrogen) atoms. The fourth-order valence-corrected chi connectivity index (χ4v) is 2.60. The van der Waals surface area contributed by atoms with Crippen molar-refractivity contribution in [2.75, 3.05) is 5.33 Å². The molecule has 2 aromatic rings. The summed E-state index contributed by atoms with van der Waals surface area (Å²) >= 11 is 3.63. The lowest BCUT2D eigenvalue weighted by Gasteiger charge is -2.12. The summed E-state index contributed by atoms with van der Waals surface area (Å²) in [5.74, 6) is 0.627. The normalized spacial score (nSPS) is 12.6. The van der Waals surface area contributed by atoms with Gasteiger partial charge in [0.05, 0.1) is 6.20 Å². The van der Waals surface area contributed by atoms with Gasteiger partial charge in [0.25, 0.3) is 0 Å². The Balaban J connectivity index is 1.97. The van der Waals surface area contributed by atoms with E-state index in [9.17, 15) is 0 Å². The molecule has 0 saturated heterocycles. The molecule has 0 spiro atoms. The molecule has 0 aliphatic carbocycles. The molecule has 2 nitrogen and oxygen atoms in total. The second kappa shape index (κ2) is 6.74. The fourth-order valence-electron chi connectivity index (χ4n) is 2.15. The van der Waals surface area contributed by atoms with Gasteiger partial charge in [-0.2, -0.15) is 5.10 Å². The molecule has 1 heterocycles. The Morgan fingerprint density at radius 1 is 1.17 bits per heavy atom. The summed E-state index contributed by atoms with van der Waals surface area (Å²) < 4.78 is 1.99. The maximum absolute atomic E-state index is 4.33. The Labute approximate surface area is 117 Å². The number of aromatic nitrogens is 2. The summed E-state index contributed by atoms with van der Waals surface area (Å²) in [6, 6.07) is 10.7. The molecule has 0 bridgehead atoms. The Morgan fingerprint density at radius 2 is 1.89 bits per heavy atom. The van der Waals surface area contributed by atoms with Crippen LogP contribution in [0.1, 0.15) is 18.1 Å². The van der Waals surface area contributed by atoms with Gasteiger partial charge in [0, 0.05) is 18.1 Å². The molecule has 1 unspecified atom stereocenters. The highest BCUT2D eigenvalue weighted by atomic mass is 79.9. The number of benzene rings is 1. The van der Waals surface area contributed by atoms with E-state index in [1.807, 2.05) is 10.9 Å². The lowest BCUT2D eigenvalue weighted by Crippen LogP contribution is -2.09. The van der Waals surface area contributed by atoms with Crippen LogP contribution in [-0.4, -0.2) is 15.1 Å².